The second-order valence-corrected chi connectivity index (χ2v) is 4.76. The van der Waals surface area contributed by atoms with Gasteiger partial charge in [-0.2, -0.15) is 0 Å². The van der Waals surface area contributed by atoms with Gasteiger partial charge in [0.15, 0.2) is 0 Å². The van der Waals surface area contributed by atoms with Crippen molar-refractivity contribution >= 4 is 34.0 Å². The number of esters is 2. The number of ether oxygens (including phenoxy) is 1. The van der Waals surface area contributed by atoms with Crippen LogP contribution in [0.1, 0.15) is 11.3 Å². The molecule has 5 heteroatoms. The van der Waals surface area contributed by atoms with Crippen LogP contribution in [-0.2, 0) is 14.3 Å². The number of hydrogen-bond donors (Lipinski definition) is 2. The van der Waals surface area contributed by atoms with E-state index in [1.807, 2.05) is 24.3 Å². The zero-order valence-corrected chi connectivity index (χ0v) is 10.8. The molecule has 2 aromatic heterocycles. The van der Waals surface area contributed by atoms with Crippen molar-refractivity contribution in [2.45, 2.75) is 0 Å². The molecule has 3 heterocycles. The molecule has 0 saturated heterocycles. The predicted octanol–water partition coefficient (Wildman–Crippen LogP) is 2.49. The highest BCUT2D eigenvalue weighted by Gasteiger charge is 2.36. The van der Waals surface area contributed by atoms with Crippen molar-refractivity contribution < 1.29 is 14.3 Å². The average molecular weight is 278 g/mol. The molecule has 0 aliphatic carbocycles. The Balaban J connectivity index is 2.04. The molecule has 0 saturated carbocycles. The monoisotopic (exact) mass is 278 g/mol. The van der Waals surface area contributed by atoms with Crippen molar-refractivity contribution in [3.05, 3.63) is 60.0 Å². The first-order valence-corrected chi connectivity index (χ1v) is 6.47. The van der Waals surface area contributed by atoms with E-state index in [2.05, 4.69) is 9.97 Å². The summed E-state index contributed by atoms with van der Waals surface area (Å²) in [7, 11) is 0. The summed E-state index contributed by atoms with van der Waals surface area (Å²) in [4.78, 5) is 30.1. The van der Waals surface area contributed by atoms with Crippen LogP contribution in [0.2, 0.25) is 0 Å². The van der Waals surface area contributed by atoms with Gasteiger partial charge in [0.25, 0.3) is 0 Å². The van der Waals surface area contributed by atoms with Gasteiger partial charge in [-0.05, 0) is 18.2 Å². The Kier molecular flexibility index (Phi) is 2.35. The molecule has 1 aliphatic heterocycles. The Morgan fingerprint density at radius 3 is 2.48 bits per heavy atom. The first-order chi connectivity index (χ1) is 10.3. The number of H-pyrrole nitrogens is 2. The first kappa shape index (κ1) is 11.7. The summed E-state index contributed by atoms with van der Waals surface area (Å²) in [6.45, 7) is 0. The van der Waals surface area contributed by atoms with Crippen molar-refractivity contribution in [1.29, 1.82) is 0 Å². The molecule has 102 valence electrons. The van der Waals surface area contributed by atoms with Gasteiger partial charge in [0.05, 0.1) is 16.8 Å². The lowest BCUT2D eigenvalue weighted by atomic mass is 9.99. The minimum atomic E-state index is -0.622. The molecule has 1 aromatic carbocycles. The van der Waals surface area contributed by atoms with Gasteiger partial charge in [-0.15, -0.1) is 0 Å². The average Bonchev–Trinajstić information content (AvgIpc) is 3.17. The maximum Gasteiger partial charge on any atom is 0.349 e. The van der Waals surface area contributed by atoms with Gasteiger partial charge in [-0.25, -0.2) is 9.59 Å². The molecule has 0 radical (unpaired) electrons. The lowest BCUT2D eigenvalue weighted by Gasteiger charge is -1.99. The number of carbonyl (C=O) groups is 2. The third-order valence-corrected chi connectivity index (χ3v) is 3.57. The van der Waals surface area contributed by atoms with E-state index < -0.39 is 11.9 Å². The third kappa shape index (κ3) is 1.64. The van der Waals surface area contributed by atoms with Crippen molar-refractivity contribution in [1.82, 2.24) is 9.97 Å². The molecule has 0 spiro atoms. The molecule has 5 nitrogen and oxygen atoms in total. The Bertz CT molecular complexity index is 901. The van der Waals surface area contributed by atoms with Gasteiger partial charge in [-0.1, -0.05) is 18.2 Å². The van der Waals surface area contributed by atoms with E-state index in [0.717, 1.165) is 10.9 Å². The number of nitrogens with one attached hydrogen (secondary N) is 2. The minimum absolute atomic E-state index is 0.273. The fourth-order valence-electron chi connectivity index (χ4n) is 2.64. The summed E-state index contributed by atoms with van der Waals surface area (Å²) >= 11 is 0. The molecule has 0 amide bonds. The van der Waals surface area contributed by atoms with Crippen LogP contribution in [-0.4, -0.2) is 21.9 Å². The molecule has 0 atom stereocenters. The molecule has 0 fully saturated rings. The SMILES string of the molecule is O=C1OC(=O)C(c2c[nH]c3ccccc23)=C1c1ccc[nH]1. The zero-order chi connectivity index (χ0) is 14.4. The largest absolute Gasteiger partial charge is 0.386 e. The standard InChI is InChI=1S/C16H10N2O3/c19-15-13(10-8-18-11-5-2-1-4-9(10)11)14(16(20)21-15)12-6-3-7-17-12/h1-8,17-18H. The fraction of sp³-hybridized carbons (Fsp3) is 0. The van der Waals surface area contributed by atoms with E-state index in [-0.39, 0.29) is 5.57 Å². The maximum atomic E-state index is 12.1. The lowest BCUT2D eigenvalue weighted by molar-refractivity contribution is -0.149. The molecule has 4 rings (SSSR count). The molecular weight excluding hydrogens is 268 g/mol. The highest BCUT2D eigenvalue weighted by Crippen LogP contribution is 2.36. The van der Waals surface area contributed by atoms with Crippen LogP contribution in [0.25, 0.3) is 22.0 Å². The summed E-state index contributed by atoms with van der Waals surface area (Å²) in [5, 5.41) is 0.878. The highest BCUT2D eigenvalue weighted by atomic mass is 16.6. The molecule has 21 heavy (non-hydrogen) atoms. The van der Waals surface area contributed by atoms with Crippen molar-refractivity contribution in [3.63, 3.8) is 0 Å². The predicted molar refractivity (Wildman–Crippen MR) is 77.0 cm³/mol. The van der Waals surface area contributed by atoms with Crippen LogP contribution in [0, 0.1) is 0 Å². The first-order valence-electron chi connectivity index (χ1n) is 6.47. The Morgan fingerprint density at radius 1 is 0.857 bits per heavy atom. The summed E-state index contributed by atoms with van der Waals surface area (Å²) in [6.07, 6.45) is 3.42. The highest BCUT2D eigenvalue weighted by molar-refractivity contribution is 6.45. The smallest absolute Gasteiger partial charge is 0.349 e. The number of rotatable bonds is 2. The molecule has 1 aliphatic rings. The molecule has 0 bridgehead atoms. The van der Waals surface area contributed by atoms with Gasteiger partial charge in [0, 0.05) is 28.9 Å². The van der Waals surface area contributed by atoms with Gasteiger partial charge >= 0.3 is 11.9 Å². The van der Waals surface area contributed by atoms with Crippen LogP contribution in [0.3, 0.4) is 0 Å². The number of aromatic amines is 2. The van der Waals surface area contributed by atoms with Gasteiger partial charge in [0.2, 0.25) is 0 Å². The van der Waals surface area contributed by atoms with Crippen molar-refractivity contribution in [2.24, 2.45) is 0 Å². The van der Waals surface area contributed by atoms with Crippen LogP contribution in [0.15, 0.2) is 48.8 Å². The second-order valence-electron chi connectivity index (χ2n) is 4.76. The van der Waals surface area contributed by atoms with Crippen molar-refractivity contribution in [2.75, 3.05) is 0 Å². The number of cyclic esters (lactones) is 2. The quantitative estimate of drug-likeness (QED) is 0.558. The molecule has 0 unspecified atom stereocenters. The van der Waals surface area contributed by atoms with Gasteiger partial charge in [-0.3, -0.25) is 0 Å². The van der Waals surface area contributed by atoms with E-state index >= 15 is 0 Å². The Hall–Kier alpha value is -3.08. The minimum Gasteiger partial charge on any atom is -0.386 e. The number of para-hydroxylation sites is 1. The van der Waals surface area contributed by atoms with E-state index in [9.17, 15) is 9.59 Å². The summed E-state index contributed by atoms with van der Waals surface area (Å²) in [5.74, 6) is -1.24. The van der Waals surface area contributed by atoms with Crippen LogP contribution in [0.4, 0.5) is 0 Å². The Morgan fingerprint density at radius 2 is 1.67 bits per heavy atom. The Labute approximate surface area is 119 Å². The van der Waals surface area contributed by atoms with Crippen LogP contribution < -0.4 is 0 Å². The fourth-order valence-corrected chi connectivity index (χ4v) is 2.64. The molecular formula is C16H10N2O3. The van der Waals surface area contributed by atoms with Crippen molar-refractivity contribution in [3.8, 4) is 0 Å². The number of benzene rings is 1. The number of carbonyl (C=O) groups excluding carboxylic acids is 2. The zero-order valence-electron chi connectivity index (χ0n) is 10.8. The van der Waals surface area contributed by atoms with Crippen LogP contribution >= 0.6 is 0 Å². The molecule has 3 aromatic rings. The number of aromatic nitrogens is 2. The van der Waals surface area contributed by atoms with Gasteiger partial charge in [0.1, 0.15) is 0 Å². The maximum absolute atomic E-state index is 12.1. The van der Waals surface area contributed by atoms with E-state index in [1.165, 1.54) is 0 Å². The van der Waals surface area contributed by atoms with E-state index in [1.54, 1.807) is 24.5 Å². The number of fused-ring (bicyclic) bond motifs is 1. The summed E-state index contributed by atoms with van der Waals surface area (Å²) in [6, 6.07) is 11.1. The van der Waals surface area contributed by atoms with E-state index in [0.29, 0.717) is 16.8 Å². The topological polar surface area (TPSA) is 75.0 Å². The lowest BCUT2D eigenvalue weighted by Crippen LogP contribution is -2.01. The second kappa shape index (κ2) is 4.21. The van der Waals surface area contributed by atoms with Gasteiger partial charge < -0.3 is 14.7 Å². The summed E-state index contributed by atoms with van der Waals surface area (Å²) < 4.78 is 4.80. The van der Waals surface area contributed by atoms with Crippen LogP contribution in [0.5, 0.6) is 0 Å². The molecule has 2 N–H and O–H groups in total. The summed E-state index contributed by atoms with van der Waals surface area (Å²) in [5.41, 5.74) is 2.71. The third-order valence-electron chi connectivity index (χ3n) is 3.57. The van der Waals surface area contributed by atoms with E-state index in [4.69, 9.17) is 4.74 Å². The normalized spacial score (nSPS) is 15.0. The number of hydrogen-bond acceptors (Lipinski definition) is 3.